The monoisotopic (exact) mass is 268 g/mol. The van der Waals surface area contributed by atoms with E-state index in [0.29, 0.717) is 18.0 Å². The molecular weight excluding hydrogens is 252 g/mol. The van der Waals surface area contributed by atoms with Crippen molar-refractivity contribution in [1.29, 1.82) is 0 Å². The average molecular weight is 268 g/mol. The molecule has 3 aromatic rings. The molecule has 0 amide bonds. The Morgan fingerprint density at radius 3 is 2.80 bits per heavy atom. The lowest BCUT2D eigenvalue weighted by atomic mass is 10.2. The molecule has 0 bridgehead atoms. The predicted molar refractivity (Wildman–Crippen MR) is 77.7 cm³/mol. The van der Waals surface area contributed by atoms with Gasteiger partial charge in [0.25, 0.3) is 5.56 Å². The molecule has 0 aliphatic rings. The van der Waals surface area contributed by atoms with Crippen LogP contribution in [0.25, 0.3) is 10.9 Å². The Bertz CT molecular complexity index is 801. The summed E-state index contributed by atoms with van der Waals surface area (Å²) in [5, 5.41) is 0.637. The molecule has 3 rings (SSSR count). The zero-order valence-corrected chi connectivity index (χ0v) is 11.5. The fraction of sp³-hybridized carbons (Fsp3) is 0.267. The lowest BCUT2D eigenvalue weighted by Gasteiger charge is -2.12. The summed E-state index contributed by atoms with van der Waals surface area (Å²) in [6, 6.07) is 5.77. The first-order valence-electron chi connectivity index (χ1n) is 6.62. The van der Waals surface area contributed by atoms with Crippen LogP contribution in [-0.2, 0) is 6.54 Å². The van der Waals surface area contributed by atoms with Gasteiger partial charge in [-0.3, -0.25) is 9.78 Å². The van der Waals surface area contributed by atoms with Gasteiger partial charge in [-0.15, -0.1) is 0 Å². The van der Waals surface area contributed by atoms with E-state index in [0.717, 1.165) is 11.3 Å². The van der Waals surface area contributed by atoms with Gasteiger partial charge in [-0.2, -0.15) is 0 Å². The van der Waals surface area contributed by atoms with Crippen molar-refractivity contribution in [1.82, 2.24) is 19.1 Å². The SMILES string of the molecule is CC(C)n1ccnc1Cn1ccc2ncccc2c1=O. The molecule has 0 aliphatic heterocycles. The van der Waals surface area contributed by atoms with Crippen LogP contribution in [0.1, 0.15) is 25.7 Å². The minimum absolute atomic E-state index is 0.0334. The summed E-state index contributed by atoms with van der Waals surface area (Å²) >= 11 is 0. The van der Waals surface area contributed by atoms with E-state index in [1.165, 1.54) is 0 Å². The van der Waals surface area contributed by atoms with E-state index >= 15 is 0 Å². The van der Waals surface area contributed by atoms with Crippen LogP contribution in [0, 0.1) is 0 Å². The van der Waals surface area contributed by atoms with Crippen LogP contribution in [0.4, 0.5) is 0 Å². The normalized spacial score (nSPS) is 11.3. The van der Waals surface area contributed by atoms with Crippen molar-refractivity contribution in [2.45, 2.75) is 26.4 Å². The largest absolute Gasteiger partial charge is 0.331 e. The highest BCUT2D eigenvalue weighted by Gasteiger charge is 2.09. The zero-order valence-electron chi connectivity index (χ0n) is 11.5. The summed E-state index contributed by atoms with van der Waals surface area (Å²) in [4.78, 5) is 21.0. The molecule has 102 valence electrons. The average Bonchev–Trinajstić information content (AvgIpc) is 2.91. The second-order valence-corrected chi connectivity index (χ2v) is 5.03. The molecule has 0 unspecified atom stereocenters. The van der Waals surface area contributed by atoms with E-state index in [9.17, 15) is 4.79 Å². The van der Waals surface area contributed by atoms with E-state index in [2.05, 4.69) is 28.4 Å². The first-order chi connectivity index (χ1) is 9.66. The summed E-state index contributed by atoms with van der Waals surface area (Å²) in [6.07, 6.45) is 7.17. The van der Waals surface area contributed by atoms with Gasteiger partial charge in [0.2, 0.25) is 0 Å². The lowest BCUT2D eigenvalue weighted by Crippen LogP contribution is -2.22. The summed E-state index contributed by atoms with van der Waals surface area (Å²) in [5.41, 5.74) is 0.690. The Hall–Kier alpha value is -2.43. The summed E-state index contributed by atoms with van der Waals surface area (Å²) < 4.78 is 3.74. The molecule has 3 aromatic heterocycles. The van der Waals surface area contributed by atoms with E-state index < -0.39 is 0 Å². The van der Waals surface area contributed by atoms with Gasteiger partial charge in [-0.25, -0.2) is 4.98 Å². The van der Waals surface area contributed by atoms with Crippen LogP contribution in [0.5, 0.6) is 0 Å². The molecular formula is C15H16N4O. The maximum atomic E-state index is 12.4. The first kappa shape index (κ1) is 12.6. The van der Waals surface area contributed by atoms with Crippen LogP contribution in [0.15, 0.2) is 47.8 Å². The van der Waals surface area contributed by atoms with E-state index in [1.807, 2.05) is 12.3 Å². The van der Waals surface area contributed by atoms with Crippen LogP contribution in [0.3, 0.4) is 0 Å². The van der Waals surface area contributed by atoms with Crippen LogP contribution < -0.4 is 5.56 Å². The second-order valence-electron chi connectivity index (χ2n) is 5.03. The molecule has 0 aliphatic carbocycles. The number of hydrogen-bond donors (Lipinski definition) is 0. The molecule has 3 heterocycles. The topological polar surface area (TPSA) is 52.7 Å². The third-order valence-corrected chi connectivity index (χ3v) is 3.36. The van der Waals surface area contributed by atoms with Gasteiger partial charge in [-0.1, -0.05) is 0 Å². The number of fused-ring (bicyclic) bond motifs is 1. The molecule has 0 aromatic carbocycles. The highest BCUT2D eigenvalue weighted by Crippen LogP contribution is 2.10. The van der Waals surface area contributed by atoms with Crippen molar-refractivity contribution in [3.63, 3.8) is 0 Å². The fourth-order valence-electron chi connectivity index (χ4n) is 2.33. The van der Waals surface area contributed by atoms with Crippen molar-refractivity contribution in [3.8, 4) is 0 Å². The van der Waals surface area contributed by atoms with Crippen molar-refractivity contribution in [2.75, 3.05) is 0 Å². The van der Waals surface area contributed by atoms with Crippen LogP contribution in [-0.4, -0.2) is 19.1 Å². The molecule has 5 heteroatoms. The highest BCUT2D eigenvalue weighted by molar-refractivity contribution is 5.76. The van der Waals surface area contributed by atoms with Gasteiger partial charge >= 0.3 is 0 Å². The molecule has 0 N–H and O–H groups in total. The summed E-state index contributed by atoms with van der Waals surface area (Å²) in [7, 11) is 0. The number of imidazole rings is 1. The number of pyridine rings is 2. The predicted octanol–water partition coefficient (Wildman–Crippen LogP) is 2.22. The van der Waals surface area contributed by atoms with Crippen LogP contribution in [0.2, 0.25) is 0 Å². The van der Waals surface area contributed by atoms with Gasteiger partial charge in [0.15, 0.2) is 0 Å². The van der Waals surface area contributed by atoms with Crippen molar-refractivity contribution < 1.29 is 0 Å². The lowest BCUT2D eigenvalue weighted by molar-refractivity contribution is 0.550. The Kier molecular flexibility index (Phi) is 3.10. The van der Waals surface area contributed by atoms with Crippen molar-refractivity contribution in [2.24, 2.45) is 0 Å². The Morgan fingerprint density at radius 1 is 1.15 bits per heavy atom. The Balaban J connectivity index is 2.05. The highest BCUT2D eigenvalue weighted by atomic mass is 16.1. The molecule has 0 fully saturated rings. The van der Waals surface area contributed by atoms with Crippen molar-refractivity contribution in [3.05, 3.63) is 59.2 Å². The summed E-state index contributed by atoms with van der Waals surface area (Å²) in [6.45, 7) is 4.66. The third-order valence-electron chi connectivity index (χ3n) is 3.36. The Morgan fingerprint density at radius 2 is 2.00 bits per heavy atom. The molecule has 5 nitrogen and oxygen atoms in total. The van der Waals surface area contributed by atoms with Gasteiger partial charge in [0.1, 0.15) is 5.82 Å². The quantitative estimate of drug-likeness (QED) is 0.732. The minimum Gasteiger partial charge on any atom is -0.331 e. The smallest absolute Gasteiger partial charge is 0.260 e. The molecule has 0 atom stereocenters. The van der Waals surface area contributed by atoms with Gasteiger partial charge in [0.05, 0.1) is 17.4 Å². The third kappa shape index (κ3) is 2.11. The number of hydrogen-bond acceptors (Lipinski definition) is 3. The van der Waals surface area contributed by atoms with Crippen molar-refractivity contribution >= 4 is 10.9 Å². The second kappa shape index (κ2) is 4.92. The molecule has 0 saturated carbocycles. The first-order valence-corrected chi connectivity index (χ1v) is 6.62. The maximum Gasteiger partial charge on any atom is 0.260 e. The Labute approximate surface area is 116 Å². The fourth-order valence-corrected chi connectivity index (χ4v) is 2.33. The number of nitrogens with zero attached hydrogens (tertiary/aromatic N) is 4. The number of rotatable bonds is 3. The molecule has 0 spiro atoms. The minimum atomic E-state index is -0.0334. The van der Waals surface area contributed by atoms with E-state index in [-0.39, 0.29) is 5.56 Å². The number of aromatic nitrogens is 4. The molecule has 0 radical (unpaired) electrons. The van der Waals surface area contributed by atoms with Gasteiger partial charge in [-0.05, 0) is 32.0 Å². The standard InChI is InChI=1S/C15H16N4O/c1-11(2)19-9-7-17-14(19)10-18-8-5-13-12(15(18)20)4-3-6-16-13/h3-9,11H,10H2,1-2H3. The molecule has 0 saturated heterocycles. The van der Waals surface area contributed by atoms with Gasteiger partial charge < -0.3 is 9.13 Å². The summed E-state index contributed by atoms with van der Waals surface area (Å²) in [5.74, 6) is 0.880. The molecule has 20 heavy (non-hydrogen) atoms. The van der Waals surface area contributed by atoms with E-state index in [4.69, 9.17) is 0 Å². The van der Waals surface area contributed by atoms with E-state index in [1.54, 1.807) is 35.3 Å². The van der Waals surface area contributed by atoms with Crippen LogP contribution >= 0.6 is 0 Å². The van der Waals surface area contributed by atoms with Gasteiger partial charge in [0, 0.05) is 30.8 Å². The maximum absolute atomic E-state index is 12.4. The zero-order chi connectivity index (χ0) is 14.1.